The van der Waals surface area contributed by atoms with Crippen LogP contribution in [0.15, 0.2) is 46.9 Å². The first-order valence-corrected chi connectivity index (χ1v) is 15.4. The standard InChI is InChI=1S/C27H36BrN3O6S/c1-5-19(2)29-27(33)20(3)30(18-21-8-6-9-22(28)16-21)26(32)10-7-13-31(38(4,34)35)23-11-12-24-25(17-23)37-15-14-36-24/h6,8-9,11-12,16-17,19-20H,5,7,10,13-15,18H2,1-4H3,(H,29,33)/t19-,20+/m0/s1. The molecule has 2 aromatic carbocycles. The number of sulfonamides is 1. The van der Waals surface area contributed by atoms with E-state index in [4.69, 9.17) is 9.47 Å². The van der Waals surface area contributed by atoms with E-state index in [2.05, 4.69) is 21.2 Å². The number of carbonyl (C=O) groups excluding carboxylic acids is 2. The molecule has 1 heterocycles. The van der Waals surface area contributed by atoms with Crippen molar-refractivity contribution in [3.8, 4) is 11.5 Å². The van der Waals surface area contributed by atoms with E-state index in [1.165, 1.54) is 4.31 Å². The van der Waals surface area contributed by atoms with Gasteiger partial charge in [0.25, 0.3) is 0 Å². The van der Waals surface area contributed by atoms with Gasteiger partial charge in [-0.2, -0.15) is 0 Å². The molecule has 1 aliphatic rings. The van der Waals surface area contributed by atoms with Gasteiger partial charge in [0, 0.05) is 36.1 Å². The maximum absolute atomic E-state index is 13.4. The Balaban J connectivity index is 1.74. The molecule has 2 amide bonds. The number of amides is 2. The zero-order valence-corrected chi connectivity index (χ0v) is 24.7. The lowest BCUT2D eigenvalue weighted by Crippen LogP contribution is -2.49. The van der Waals surface area contributed by atoms with Crippen LogP contribution < -0.4 is 19.1 Å². The first-order chi connectivity index (χ1) is 18.0. The molecule has 1 aliphatic heterocycles. The highest BCUT2D eigenvalue weighted by molar-refractivity contribution is 9.10. The fourth-order valence-electron chi connectivity index (χ4n) is 4.07. The van der Waals surface area contributed by atoms with Crippen molar-refractivity contribution in [2.45, 2.75) is 58.7 Å². The van der Waals surface area contributed by atoms with Gasteiger partial charge in [-0.15, -0.1) is 0 Å². The molecule has 9 nitrogen and oxygen atoms in total. The number of hydrogen-bond donors (Lipinski definition) is 1. The molecule has 38 heavy (non-hydrogen) atoms. The summed E-state index contributed by atoms with van der Waals surface area (Å²) in [4.78, 5) is 27.9. The summed E-state index contributed by atoms with van der Waals surface area (Å²) in [6.45, 7) is 6.80. The molecule has 0 saturated carbocycles. The molecule has 11 heteroatoms. The number of rotatable bonds is 12. The van der Waals surface area contributed by atoms with Gasteiger partial charge in [-0.1, -0.05) is 35.0 Å². The van der Waals surface area contributed by atoms with E-state index in [-0.39, 0.29) is 43.8 Å². The van der Waals surface area contributed by atoms with Gasteiger partial charge in [-0.25, -0.2) is 8.42 Å². The molecule has 0 aliphatic carbocycles. The monoisotopic (exact) mass is 609 g/mol. The summed E-state index contributed by atoms with van der Waals surface area (Å²) in [6, 6.07) is 11.9. The second-order valence-corrected chi connectivity index (χ2v) is 12.2. The van der Waals surface area contributed by atoms with E-state index in [1.807, 2.05) is 38.1 Å². The number of carbonyl (C=O) groups is 2. The van der Waals surface area contributed by atoms with Gasteiger partial charge in [0.1, 0.15) is 19.3 Å². The van der Waals surface area contributed by atoms with Crippen LogP contribution in [0.2, 0.25) is 0 Å². The molecule has 3 rings (SSSR count). The summed E-state index contributed by atoms with van der Waals surface area (Å²) in [6.07, 6.45) is 2.26. The fraction of sp³-hybridized carbons (Fsp3) is 0.481. The molecule has 1 N–H and O–H groups in total. The summed E-state index contributed by atoms with van der Waals surface area (Å²) in [5.41, 5.74) is 1.32. The molecule has 0 radical (unpaired) electrons. The van der Waals surface area contributed by atoms with Gasteiger partial charge < -0.3 is 19.7 Å². The first-order valence-electron chi connectivity index (χ1n) is 12.7. The van der Waals surface area contributed by atoms with Crippen molar-refractivity contribution in [1.82, 2.24) is 10.2 Å². The number of ether oxygens (including phenoxy) is 2. The van der Waals surface area contributed by atoms with Crippen LogP contribution in [0.4, 0.5) is 5.69 Å². The average Bonchev–Trinajstić information content (AvgIpc) is 2.88. The number of hydrogen-bond acceptors (Lipinski definition) is 6. The molecule has 0 unspecified atom stereocenters. The molecule has 2 atom stereocenters. The first kappa shape index (κ1) is 29.8. The number of nitrogens with one attached hydrogen (secondary N) is 1. The Labute approximate surface area is 233 Å². The van der Waals surface area contributed by atoms with E-state index >= 15 is 0 Å². The number of halogens is 1. The lowest BCUT2D eigenvalue weighted by Gasteiger charge is -2.30. The second kappa shape index (κ2) is 13.3. The van der Waals surface area contributed by atoms with Crippen molar-refractivity contribution in [2.75, 3.05) is 30.3 Å². The lowest BCUT2D eigenvalue weighted by molar-refractivity contribution is -0.140. The smallest absolute Gasteiger partial charge is 0.242 e. The van der Waals surface area contributed by atoms with E-state index in [0.29, 0.717) is 30.4 Å². The van der Waals surface area contributed by atoms with Crippen molar-refractivity contribution in [3.05, 3.63) is 52.5 Å². The van der Waals surface area contributed by atoms with E-state index in [1.54, 1.807) is 30.0 Å². The summed E-state index contributed by atoms with van der Waals surface area (Å²) in [5.74, 6) is 0.598. The van der Waals surface area contributed by atoms with Crippen LogP contribution in [0.3, 0.4) is 0 Å². The van der Waals surface area contributed by atoms with Crippen LogP contribution >= 0.6 is 15.9 Å². The molecule has 0 saturated heterocycles. The summed E-state index contributed by atoms with van der Waals surface area (Å²) >= 11 is 3.46. The third-order valence-corrected chi connectivity index (χ3v) is 8.06. The minimum atomic E-state index is -3.62. The van der Waals surface area contributed by atoms with Crippen LogP contribution in [0.5, 0.6) is 11.5 Å². The fourth-order valence-corrected chi connectivity index (χ4v) is 5.48. The van der Waals surface area contributed by atoms with Crippen molar-refractivity contribution in [3.63, 3.8) is 0 Å². The van der Waals surface area contributed by atoms with Gasteiger partial charge in [0.2, 0.25) is 21.8 Å². The molecule has 0 bridgehead atoms. The Hall–Kier alpha value is -2.79. The van der Waals surface area contributed by atoms with Crippen LogP contribution in [-0.4, -0.2) is 63.2 Å². The SMILES string of the molecule is CC[C@H](C)NC(=O)[C@@H](C)N(Cc1cccc(Br)c1)C(=O)CCCN(c1ccc2c(c1)OCCO2)S(C)(=O)=O. The van der Waals surface area contributed by atoms with E-state index < -0.39 is 16.1 Å². The number of benzene rings is 2. The van der Waals surface area contributed by atoms with Gasteiger partial charge in [-0.05, 0) is 56.5 Å². The number of anilines is 1. The van der Waals surface area contributed by atoms with Crippen molar-refractivity contribution in [2.24, 2.45) is 0 Å². The highest BCUT2D eigenvalue weighted by atomic mass is 79.9. The summed E-state index contributed by atoms with van der Waals surface area (Å²) in [5, 5.41) is 2.95. The average molecular weight is 611 g/mol. The molecule has 0 aromatic heterocycles. The van der Waals surface area contributed by atoms with Crippen LogP contribution in [0.1, 0.15) is 45.6 Å². The third kappa shape index (κ3) is 8.10. The zero-order chi connectivity index (χ0) is 27.9. The highest BCUT2D eigenvalue weighted by Gasteiger charge is 2.27. The largest absolute Gasteiger partial charge is 0.486 e. The quantitative estimate of drug-likeness (QED) is 0.388. The third-order valence-electron chi connectivity index (χ3n) is 6.38. The molecule has 0 fully saturated rings. The molecule has 2 aromatic rings. The maximum Gasteiger partial charge on any atom is 0.242 e. The van der Waals surface area contributed by atoms with Crippen LogP contribution in [0.25, 0.3) is 0 Å². The van der Waals surface area contributed by atoms with Crippen LogP contribution in [-0.2, 0) is 26.2 Å². The van der Waals surface area contributed by atoms with Crippen molar-refractivity contribution in [1.29, 1.82) is 0 Å². The lowest BCUT2D eigenvalue weighted by atomic mass is 10.1. The molecular formula is C27H36BrN3O6S. The van der Waals surface area contributed by atoms with Gasteiger partial charge in [0.15, 0.2) is 11.5 Å². The van der Waals surface area contributed by atoms with Gasteiger partial charge >= 0.3 is 0 Å². The molecular weight excluding hydrogens is 574 g/mol. The minimum absolute atomic E-state index is 0.0120. The summed E-state index contributed by atoms with van der Waals surface area (Å²) < 4.78 is 38.5. The highest BCUT2D eigenvalue weighted by Crippen LogP contribution is 2.34. The maximum atomic E-state index is 13.4. The topological polar surface area (TPSA) is 105 Å². The van der Waals surface area contributed by atoms with Gasteiger partial charge in [0.05, 0.1) is 11.9 Å². The molecule has 208 valence electrons. The van der Waals surface area contributed by atoms with Crippen molar-refractivity contribution >= 4 is 43.5 Å². The Morgan fingerprint density at radius 2 is 1.79 bits per heavy atom. The Kier molecular flexibility index (Phi) is 10.4. The summed E-state index contributed by atoms with van der Waals surface area (Å²) in [7, 11) is -3.62. The van der Waals surface area contributed by atoms with Crippen LogP contribution in [0, 0.1) is 0 Å². The normalized spacial score (nSPS) is 14.3. The Morgan fingerprint density at radius 1 is 1.08 bits per heavy atom. The van der Waals surface area contributed by atoms with E-state index in [0.717, 1.165) is 22.7 Å². The zero-order valence-electron chi connectivity index (χ0n) is 22.3. The minimum Gasteiger partial charge on any atom is -0.486 e. The Morgan fingerprint density at radius 3 is 2.45 bits per heavy atom. The Bertz CT molecular complexity index is 1240. The predicted octanol–water partition coefficient (Wildman–Crippen LogP) is 4.10. The number of nitrogens with zero attached hydrogens (tertiary/aromatic N) is 2. The van der Waals surface area contributed by atoms with E-state index in [9.17, 15) is 18.0 Å². The number of fused-ring (bicyclic) bond motifs is 1. The van der Waals surface area contributed by atoms with Crippen molar-refractivity contribution < 1.29 is 27.5 Å². The second-order valence-electron chi connectivity index (χ2n) is 9.41. The molecule has 0 spiro atoms. The van der Waals surface area contributed by atoms with Gasteiger partial charge in [-0.3, -0.25) is 13.9 Å². The predicted molar refractivity (Wildman–Crippen MR) is 151 cm³/mol.